The Bertz CT molecular complexity index is 980. The smallest absolute Gasteiger partial charge is 0.239 e. The van der Waals surface area contributed by atoms with Crippen molar-refractivity contribution in [1.29, 1.82) is 0 Å². The minimum atomic E-state index is -1.31. The number of nitrogens with one attached hydrogen (secondary N) is 2. The molecule has 0 fully saturated rings. The van der Waals surface area contributed by atoms with E-state index in [1.807, 2.05) is 24.3 Å². The normalized spacial score (nSPS) is 11.2. The molecule has 0 bridgehead atoms. The molecule has 0 saturated heterocycles. The molecule has 0 aliphatic carbocycles. The second-order valence-electron chi connectivity index (χ2n) is 6.39. The molecule has 0 saturated carbocycles. The number of fused-ring (bicyclic) bond motifs is 1. The summed E-state index contributed by atoms with van der Waals surface area (Å²) in [5.41, 5.74) is 0.389. The van der Waals surface area contributed by atoms with Crippen molar-refractivity contribution in [2.24, 2.45) is 5.41 Å². The standard InChI is InChI=1S/C20H18ClN3O2/c1-20(2,18(25)23-15-10-4-3-9-14(15)21)19(26)24-16-11-5-7-13-8-6-12-22-17(13)16/h3-12H,1-2H3,(H,23,25)(H,24,26). The zero-order valence-electron chi connectivity index (χ0n) is 14.4. The predicted molar refractivity (Wildman–Crippen MR) is 104 cm³/mol. The molecule has 1 aromatic heterocycles. The number of hydrogen-bond acceptors (Lipinski definition) is 3. The number of rotatable bonds is 4. The third-order valence-corrected chi connectivity index (χ3v) is 4.47. The Kier molecular flexibility index (Phi) is 4.91. The Labute approximate surface area is 156 Å². The zero-order chi connectivity index (χ0) is 18.7. The third-order valence-electron chi connectivity index (χ3n) is 4.14. The van der Waals surface area contributed by atoms with Gasteiger partial charge in [-0.15, -0.1) is 0 Å². The van der Waals surface area contributed by atoms with Crippen LogP contribution in [0.25, 0.3) is 10.9 Å². The van der Waals surface area contributed by atoms with Crippen LogP contribution in [-0.2, 0) is 9.59 Å². The highest BCUT2D eigenvalue weighted by Crippen LogP contribution is 2.27. The Morgan fingerprint density at radius 3 is 2.23 bits per heavy atom. The molecule has 3 rings (SSSR count). The first-order valence-electron chi connectivity index (χ1n) is 8.11. The first-order chi connectivity index (χ1) is 12.4. The Morgan fingerprint density at radius 1 is 0.885 bits per heavy atom. The average Bonchev–Trinajstić information content (AvgIpc) is 2.63. The lowest BCUT2D eigenvalue weighted by Crippen LogP contribution is -2.41. The topological polar surface area (TPSA) is 71.1 Å². The van der Waals surface area contributed by atoms with Crippen molar-refractivity contribution in [3.8, 4) is 0 Å². The summed E-state index contributed by atoms with van der Waals surface area (Å²) in [7, 11) is 0. The maximum atomic E-state index is 12.8. The monoisotopic (exact) mass is 367 g/mol. The van der Waals surface area contributed by atoms with Crippen molar-refractivity contribution in [1.82, 2.24) is 4.98 Å². The van der Waals surface area contributed by atoms with Gasteiger partial charge in [-0.1, -0.05) is 41.9 Å². The molecule has 3 aromatic rings. The van der Waals surface area contributed by atoms with Crippen molar-refractivity contribution in [3.63, 3.8) is 0 Å². The van der Waals surface area contributed by atoms with Gasteiger partial charge in [0.2, 0.25) is 11.8 Å². The highest BCUT2D eigenvalue weighted by atomic mass is 35.5. The molecule has 0 aliphatic heterocycles. The molecule has 0 radical (unpaired) electrons. The van der Waals surface area contributed by atoms with Crippen molar-refractivity contribution < 1.29 is 9.59 Å². The number of hydrogen-bond donors (Lipinski definition) is 2. The fourth-order valence-electron chi connectivity index (χ4n) is 2.43. The van der Waals surface area contributed by atoms with Gasteiger partial charge in [0, 0.05) is 11.6 Å². The number of halogens is 1. The van der Waals surface area contributed by atoms with E-state index in [0.29, 0.717) is 21.9 Å². The van der Waals surface area contributed by atoms with Gasteiger partial charge in [0.05, 0.1) is 21.9 Å². The average molecular weight is 368 g/mol. The number of para-hydroxylation sites is 2. The van der Waals surface area contributed by atoms with Crippen LogP contribution in [0.2, 0.25) is 5.02 Å². The lowest BCUT2D eigenvalue weighted by Gasteiger charge is -2.23. The van der Waals surface area contributed by atoms with Crippen LogP contribution in [0, 0.1) is 5.41 Å². The molecule has 0 aliphatic rings. The first-order valence-corrected chi connectivity index (χ1v) is 8.48. The minimum Gasteiger partial charge on any atom is -0.324 e. The van der Waals surface area contributed by atoms with E-state index in [-0.39, 0.29) is 0 Å². The van der Waals surface area contributed by atoms with Crippen LogP contribution >= 0.6 is 11.6 Å². The van der Waals surface area contributed by atoms with Gasteiger partial charge in [0.15, 0.2) is 0 Å². The highest BCUT2D eigenvalue weighted by Gasteiger charge is 2.36. The van der Waals surface area contributed by atoms with E-state index in [2.05, 4.69) is 15.6 Å². The van der Waals surface area contributed by atoms with E-state index in [1.165, 1.54) is 0 Å². The van der Waals surface area contributed by atoms with Crippen LogP contribution in [0.3, 0.4) is 0 Å². The summed E-state index contributed by atoms with van der Waals surface area (Å²) in [5, 5.41) is 6.84. The zero-order valence-corrected chi connectivity index (χ0v) is 15.2. The second-order valence-corrected chi connectivity index (χ2v) is 6.80. The van der Waals surface area contributed by atoms with E-state index in [9.17, 15) is 9.59 Å². The highest BCUT2D eigenvalue weighted by molar-refractivity contribution is 6.34. The molecule has 6 heteroatoms. The van der Waals surface area contributed by atoms with Gasteiger partial charge in [-0.3, -0.25) is 14.6 Å². The van der Waals surface area contributed by atoms with Crippen LogP contribution < -0.4 is 10.6 Å². The van der Waals surface area contributed by atoms with E-state index in [1.54, 1.807) is 50.4 Å². The fourth-order valence-corrected chi connectivity index (χ4v) is 2.61. The number of carbonyl (C=O) groups excluding carboxylic acids is 2. The van der Waals surface area contributed by atoms with Gasteiger partial charge in [-0.25, -0.2) is 0 Å². The summed E-state index contributed by atoms with van der Waals surface area (Å²) in [4.78, 5) is 29.7. The molecule has 1 heterocycles. The second kappa shape index (κ2) is 7.14. The Hall–Kier alpha value is -2.92. The summed E-state index contributed by atoms with van der Waals surface area (Å²) >= 11 is 6.07. The summed E-state index contributed by atoms with van der Waals surface area (Å²) < 4.78 is 0. The van der Waals surface area contributed by atoms with Gasteiger partial charge < -0.3 is 10.6 Å². The number of pyridine rings is 1. The van der Waals surface area contributed by atoms with Crippen LogP contribution in [0.15, 0.2) is 60.8 Å². The van der Waals surface area contributed by atoms with Crippen LogP contribution in [-0.4, -0.2) is 16.8 Å². The quantitative estimate of drug-likeness (QED) is 0.667. The summed E-state index contributed by atoms with van der Waals surface area (Å²) in [6.07, 6.45) is 1.66. The lowest BCUT2D eigenvalue weighted by atomic mass is 9.90. The molecule has 0 unspecified atom stereocenters. The molecule has 0 atom stereocenters. The van der Waals surface area contributed by atoms with E-state index in [0.717, 1.165) is 5.39 Å². The maximum Gasteiger partial charge on any atom is 0.239 e. The third kappa shape index (κ3) is 3.53. The molecule has 2 amide bonds. The predicted octanol–water partition coefficient (Wildman–Crippen LogP) is 4.49. The van der Waals surface area contributed by atoms with E-state index >= 15 is 0 Å². The SMILES string of the molecule is CC(C)(C(=O)Nc1ccccc1Cl)C(=O)Nc1cccc2cccnc12. The molecule has 0 spiro atoms. The summed E-state index contributed by atoms with van der Waals surface area (Å²) in [6.45, 7) is 3.13. The van der Waals surface area contributed by atoms with Crippen LogP contribution in [0.1, 0.15) is 13.8 Å². The summed E-state index contributed by atoms with van der Waals surface area (Å²) in [5.74, 6) is -0.878. The molecule has 26 heavy (non-hydrogen) atoms. The van der Waals surface area contributed by atoms with Crippen molar-refractivity contribution >= 4 is 45.7 Å². The van der Waals surface area contributed by atoms with Crippen molar-refractivity contribution in [3.05, 3.63) is 65.8 Å². The number of nitrogens with zero attached hydrogens (tertiary/aromatic N) is 1. The number of anilines is 2. The molecular weight excluding hydrogens is 350 g/mol. The molecule has 132 valence electrons. The van der Waals surface area contributed by atoms with Crippen molar-refractivity contribution in [2.45, 2.75) is 13.8 Å². The van der Waals surface area contributed by atoms with E-state index in [4.69, 9.17) is 11.6 Å². The van der Waals surface area contributed by atoms with E-state index < -0.39 is 17.2 Å². The van der Waals surface area contributed by atoms with Gasteiger partial charge in [-0.05, 0) is 38.1 Å². The Morgan fingerprint density at radius 2 is 1.50 bits per heavy atom. The van der Waals surface area contributed by atoms with Crippen LogP contribution in [0.5, 0.6) is 0 Å². The maximum absolute atomic E-state index is 12.8. The van der Waals surface area contributed by atoms with Gasteiger partial charge in [0.1, 0.15) is 5.41 Å². The van der Waals surface area contributed by atoms with Crippen molar-refractivity contribution in [2.75, 3.05) is 10.6 Å². The first kappa shape index (κ1) is 17.9. The molecule has 2 aromatic carbocycles. The summed E-state index contributed by atoms with van der Waals surface area (Å²) in [6, 6.07) is 16.1. The number of benzene rings is 2. The Balaban J connectivity index is 1.81. The molecular formula is C20H18ClN3O2. The minimum absolute atomic E-state index is 0.412. The number of amides is 2. The molecule has 5 nitrogen and oxygen atoms in total. The van der Waals surface area contributed by atoms with Gasteiger partial charge >= 0.3 is 0 Å². The number of carbonyl (C=O) groups is 2. The van der Waals surface area contributed by atoms with Crippen LogP contribution in [0.4, 0.5) is 11.4 Å². The van der Waals surface area contributed by atoms with Gasteiger partial charge in [0.25, 0.3) is 0 Å². The number of aromatic nitrogens is 1. The fraction of sp³-hybridized carbons (Fsp3) is 0.150. The largest absolute Gasteiger partial charge is 0.324 e. The lowest BCUT2D eigenvalue weighted by molar-refractivity contribution is -0.135. The molecule has 2 N–H and O–H groups in total. The van der Waals surface area contributed by atoms with Gasteiger partial charge in [-0.2, -0.15) is 0 Å².